The summed E-state index contributed by atoms with van der Waals surface area (Å²) in [4.78, 5) is 8.59. The fraction of sp³-hybridized carbons (Fsp3) is 0.267. The van der Waals surface area contributed by atoms with Crippen LogP contribution >= 0.6 is 0 Å². The summed E-state index contributed by atoms with van der Waals surface area (Å²) in [6.45, 7) is 4.23. The molecule has 2 rings (SSSR count). The van der Waals surface area contributed by atoms with Crippen LogP contribution in [0.4, 0.5) is 0 Å². The molecule has 2 heterocycles. The van der Waals surface area contributed by atoms with Crippen LogP contribution in [0.1, 0.15) is 18.3 Å². The van der Waals surface area contributed by atoms with E-state index in [9.17, 15) is 0 Å². The Hall–Kier alpha value is -2.63. The highest BCUT2D eigenvalue weighted by Gasteiger charge is 2.08. The Labute approximate surface area is 123 Å². The first-order valence-electron chi connectivity index (χ1n) is 6.59. The first-order valence-corrected chi connectivity index (χ1v) is 6.59. The summed E-state index contributed by atoms with van der Waals surface area (Å²) in [7, 11) is 1.57. The quantitative estimate of drug-likeness (QED) is 0.677. The highest BCUT2D eigenvalue weighted by atomic mass is 16.5. The predicted molar refractivity (Wildman–Crippen MR) is 81.0 cm³/mol. The van der Waals surface area contributed by atoms with Gasteiger partial charge in [-0.15, -0.1) is 0 Å². The number of ether oxygens (including phenoxy) is 2. The number of imidazole rings is 1. The molecule has 0 aliphatic heterocycles. The van der Waals surface area contributed by atoms with E-state index in [4.69, 9.17) is 14.9 Å². The molecule has 0 bridgehead atoms. The van der Waals surface area contributed by atoms with Crippen molar-refractivity contribution in [1.82, 2.24) is 14.5 Å². The van der Waals surface area contributed by atoms with Crippen molar-refractivity contribution in [1.29, 1.82) is 5.41 Å². The van der Waals surface area contributed by atoms with E-state index in [2.05, 4.69) is 9.97 Å². The van der Waals surface area contributed by atoms with Gasteiger partial charge in [0.05, 0.1) is 31.4 Å². The van der Waals surface area contributed by atoms with Gasteiger partial charge in [0, 0.05) is 12.3 Å². The molecule has 0 aliphatic carbocycles. The molecule has 0 aromatic carbocycles. The van der Waals surface area contributed by atoms with E-state index in [1.807, 2.05) is 36.7 Å². The minimum atomic E-state index is 0.104. The van der Waals surface area contributed by atoms with Crippen LogP contribution in [0, 0.1) is 12.3 Å². The summed E-state index contributed by atoms with van der Waals surface area (Å²) in [6, 6.07) is 3.75. The van der Waals surface area contributed by atoms with Gasteiger partial charge in [-0.1, -0.05) is 0 Å². The highest BCUT2D eigenvalue weighted by Crippen LogP contribution is 2.21. The molecule has 0 amide bonds. The van der Waals surface area contributed by atoms with Gasteiger partial charge in [-0.3, -0.25) is 5.41 Å². The van der Waals surface area contributed by atoms with E-state index in [0.29, 0.717) is 18.2 Å². The Morgan fingerprint density at radius 3 is 2.86 bits per heavy atom. The van der Waals surface area contributed by atoms with Gasteiger partial charge in [-0.05, 0) is 32.1 Å². The second kappa shape index (κ2) is 6.69. The molecule has 6 nitrogen and oxygen atoms in total. The van der Waals surface area contributed by atoms with E-state index >= 15 is 0 Å². The summed E-state index contributed by atoms with van der Waals surface area (Å²) < 4.78 is 12.2. The van der Waals surface area contributed by atoms with Gasteiger partial charge < -0.3 is 14.0 Å². The number of aromatic nitrogens is 3. The fourth-order valence-electron chi connectivity index (χ4n) is 1.80. The Morgan fingerprint density at radius 1 is 1.43 bits per heavy atom. The molecule has 2 aromatic rings. The molecule has 0 saturated heterocycles. The third kappa shape index (κ3) is 3.68. The van der Waals surface area contributed by atoms with Crippen molar-refractivity contribution in [2.24, 2.45) is 0 Å². The van der Waals surface area contributed by atoms with Crippen LogP contribution in [-0.4, -0.2) is 34.1 Å². The molecule has 2 aromatic heterocycles. The summed E-state index contributed by atoms with van der Waals surface area (Å²) in [5.41, 5.74) is 2.43. The molecule has 0 spiro atoms. The number of nitrogens with one attached hydrogen (secondary N) is 1. The predicted octanol–water partition coefficient (Wildman–Crippen LogP) is 2.61. The van der Waals surface area contributed by atoms with E-state index < -0.39 is 0 Å². The first-order chi connectivity index (χ1) is 10.1. The average Bonchev–Trinajstić information content (AvgIpc) is 2.91. The lowest BCUT2D eigenvalue weighted by Gasteiger charge is -2.08. The molecular formula is C15H18N4O2. The monoisotopic (exact) mass is 286 g/mol. The molecule has 21 heavy (non-hydrogen) atoms. The minimum Gasteiger partial charge on any atom is -0.479 e. The van der Waals surface area contributed by atoms with Crippen LogP contribution in [0.2, 0.25) is 0 Å². The van der Waals surface area contributed by atoms with Crippen molar-refractivity contribution >= 4 is 12.0 Å². The summed E-state index contributed by atoms with van der Waals surface area (Å²) >= 11 is 0. The number of pyridine rings is 1. The molecule has 6 heteroatoms. The van der Waals surface area contributed by atoms with Gasteiger partial charge in [0.1, 0.15) is 5.69 Å². The Kier molecular flexibility index (Phi) is 4.71. The third-order valence-electron chi connectivity index (χ3n) is 2.75. The zero-order valence-electron chi connectivity index (χ0n) is 12.3. The van der Waals surface area contributed by atoms with E-state index in [-0.39, 0.29) is 5.90 Å². The van der Waals surface area contributed by atoms with E-state index in [0.717, 1.165) is 11.4 Å². The molecule has 0 saturated carbocycles. The van der Waals surface area contributed by atoms with Crippen LogP contribution in [0.5, 0.6) is 5.88 Å². The van der Waals surface area contributed by atoms with Crippen molar-refractivity contribution in [3.05, 3.63) is 42.1 Å². The minimum absolute atomic E-state index is 0.104. The van der Waals surface area contributed by atoms with Gasteiger partial charge in [-0.25, -0.2) is 9.97 Å². The number of hydrogen-bond donors (Lipinski definition) is 1. The maximum Gasteiger partial charge on any atom is 0.238 e. The number of methoxy groups -OCH3 is 1. The summed E-state index contributed by atoms with van der Waals surface area (Å²) in [6.07, 6.45) is 6.89. The maximum absolute atomic E-state index is 7.54. The van der Waals surface area contributed by atoms with Crippen molar-refractivity contribution in [2.45, 2.75) is 13.8 Å². The smallest absolute Gasteiger partial charge is 0.238 e. The lowest BCUT2D eigenvalue weighted by Crippen LogP contribution is -2.00. The zero-order valence-corrected chi connectivity index (χ0v) is 12.3. The Morgan fingerprint density at radius 2 is 2.24 bits per heavy atom. The average molecular weight is 286 g/mol. The van der Waals surface area contributed by atoms with Gasteiger partial charge >= 0.3 is 0 Å². The molecule has 0 radical (unpaired) electrons. The highest BCUT2D eigenvalue weighted by molar-refractivity contribution is 5.89. The first kappa shape index (κ1) is 14.8. The molecule has 0 atom stereocenters. The molecular weight excluding hydrogens is 268 g/mol. The third-order valence-corrected chi connectivity index (χ3v) is 2.75. The Balaban J connectivity index is 2.26. The van der Waals surface area contributed by atoms with E-state index in [1.165, 1.54) is 0 Å². The molecule has 0 aliphatic rings. The SMILES string of the molecule is CCOC(=N)C=Cc1ccc(-n2cnc(C)c2)c(OC)n1. The number of nitrogens with zero attached hydrogens (tertiary/aromatic N) is 3. The van der Waals surface area contributed by atoms with Crippen molar-refractivity contribution < 1.29 is 9.47 Å². The lowest BCUT2D eigenvalue weighted by molar-refractivity contribution is 0.327. The normalized spacial score (nSPS) is 10.8. The van der Waals surface area contributed by atoms with Crippen LogP contribution in [0.15, 0.2) is 30.7 Å². The van der Waals surface area contributed by atoms with Gasteiger partial charge in [0.25, 0.3) is 0 Å². The van der Waals surface area contributed by atoms with Crippen molar-refractivity contribution in [3.63, 3.8) is 0 Å². The van der Waals surface area contributed by atoms with Crippen molar-refractivity contribution in [3.8, 4) is 11.6 Å². The second-order valence-corrected chi connectivity index (χ2v) is 4.32. The van der Waals surface area contributed by atoms with Crippen molar-refractivity contribution in [2.75, 3.05) is 13.7 Å². The van der Waals surface area contributed by atoms with Gasteiger partial charge in [0.2, 0.25) is 11.8 Å². The molecule has 0 fully saturated rings. The summed E-state index contributed by atoms with van der Waals surface area (Å²) in [5.74, 6) is 0.602. The van der Waals surface area contributed by atoms with Crippen LogP contribution < -0.4 is 4.74 Å². The number of hydrogen-bond acceptors (Lipinski definition) is 5. The second-order valence-electron chi connectivity index (χ2n) is 4.32. The zero-order chi connectivity index (χ0) is 15.2. The van der Waals surface area contributed by atoms with Crippen LogP contribution in [-0.2, 0) is 4.74 Å². The standard InChI is InChI=1S/C15H18N4O2/c1-4-21-14(16)8-6-12-5-7-13(15(18-12)20-3)19-9-11(2)17-10-19/h5-10,16H,4H2,1-3H3. The Bertz CT molecular complexity index is 661. The number of rotatable bonds is 5. The largest absolute Gasteiger partial charge is 0.479 e. The summed E-state index contributed by atoms with van der Waals surface area (Å²) in [5, 5.41) is 7.54. The molecule has 1 N–H and O–H groups in total. The maximum atomic E-state index is 7.54. The van der Waals surface area contributed by atoms with Crippen LogP contribution in [0.3, 0.4) is 0 Å². The lowest BCUT2D eigenvalue weighted by atomic mass is 10.3. The topological polar surface area (TPSA) is 73.0 Å². The van der Waals surface area contributed by atoms with Gasteiger partial charge in [0.15, 0.2) is 0 Å². The molecule has 110 valence electrons. The number of aryl methyl sites for hydroxylation is 1. The van der Waals surface area contributed by atoms with E-state index in [1.54, 1.807) is 25.6 Å². The fourth-order valence-corrected chi connectivity index (χ4v) is 1.80. The molecule has 0 unspecified atom stereocenters. The van der Waals surface area contributed by atoms with Gasteiger partial charge in [-0.2, -0.15) is 0 Å². The van der Waals surface area contributed by atoms with Crippen LogP contribution in [0.25, 0.3) is 11.8 Å².